The molecule has 1 aromatic carbocycles. The van der Waals surface area contributed by atoms with Crippen LogP contribution in [0, 0.1) is 0 Å². The van der Waals surface area contributed by atoms with Crippen LogP contribution in [0.1, 0.15) is 40.2 Å². The smallest absolute Gasteiger partial charge is 0.251 e. The standard InChI is InChI=1S/C19H23N3O/c23-19(22-13-9-15-7-11-20-12-8-15)17-5-3-16(4-6-17)18-2-1-10-21-14-18/h3-8,11-12,18,21H,1-2,9-10,13-14H2,(H,22,23)/t18-/m1/s1. The van der Waals surface area contributed by atoms with Gasteiger partial charge in [-0.25, -0.2) is 0 Å². The van der Waals surface area contributed by atoms with E-state index in [0.717, 1.165) is 25.1 Å². The first-order chi connectivity index (χ1) is 11.3. The van der Waals surface area contributed by atoms with Crippen molar-refractivity contribution in [1.29, 1.82) is 0 Å². The maximum absolute atomic E-state index is 12.2. The third-order valence-corrected chi connectivity index (χ3v) is 4.39. The molecule has 4 nitrogen and oxygen atoms in total. The lowest BCUT2D eigenvalue weighted by atomic mass is 9.91. The highest BCUT2D eigenvalue weighted by molar-refractivity contribution is 5.94. The molecule has 0 radical (unpaired) electrons. The molecule has 0 unspecified atom stereocenters. The summed E-state index contributed by atoms with van der Waals surface area (Å²) in [5, 5.41) is 6.41. The zero-order chi connectivity index (χ0) is 15.9. The molecule has 2 heterocycles. The molecule has 1 fully saturated rings. The summed E-state index contributed by atoms with van der Waals surface area (Å²) in [5.74, 6) is 0.569. The van der Waals surface area contributed by atoms with Crippen molar-refractivity contribution < 1.29 is 4.79 Å². The van der Waals surface area contributed by atoms with Crippen LogP contribution >= 0.6 is 0 Å². The second-order valence-electron chi connectivity index (χ2n) is 6.03. The van der Waals surface area contributed by atoms with E-state index in [1.807, 2.05) is 24.3 Å². The Balaban J connectivity index is 1.51. The van der Waals surface area contributed by atoms with Crippen LogP contribution in [0.3, 0.4) is 0 Å². The molecule has 1 amide bonds. The third kappa shape index (κ3) is 4.39. The lowest BCUT2D eigenvalue weighted by Gasteiger charge is -2.23. The molecular formula is C19H23N3O. The number of hydrogen-bond donors (Lipinski definition) is 2. The molecule has 4 heteroatoms. The highest BCUT2D eigenvalue weighted by Gasteiger charge is 2.15. The highest BCUT2D eigenvalue weighted by atomic mass is 16.1. The summed E-state index contributed by atoms with van der Waals surface area (Å²) in [4.78, 5) is 16.2. The van der Waals surface area contributed by atoms with Crippen molar-refractivity contribution in [2.24, 2.45) is 0 Å². The normalized spacial score (nSPS) is 17.7. The molecule has 1 aliphatic heterocycles. The lowest BCUT2D eigenvalue weighted by molar-refractivity contribution is 0.0954. The van der Waals surface area contributed by atoms with Crippen LogP contribution in [0.4, 0.5) is 0 Å². The number of rotatable bonds is 5. The van der Waals surface area contributed by atoms with Gasteiger partial charge in [-0.3, -0.25) is 9.78 Å². The van der Waals surface area contributed by atoms with Gasteiger partial charge in [-0.15, -0.1) is 0 Å². The molecule has 1 aromatic heterocycles. The number of carbonyl (C=O) groups excluding carboxylic acids is 1. The van der Waals surface area contributed by atoms with Crippen LogP contribution in [0.25, 0.3) is 0 Å². The van der Waals surface area contributed by atoms with E-state index in [2.05, 4.69) is 27.8 Å². The number of nitrogens with one attached hydrogen (secondary N) is 2. The summed E-state index contributed by atoms with van der Waals surface area (Å²) in [6.07, 6.45) is 6.82. The first-order valence-corrected chi connectivity index (χ1v) is 8.31. The summed E-state index contributed by atoms with van der Waals surface area (Å²) in [6, 6.07) is 12.0. The molecule has 1 atom stereocenters. The molecule has 120 valence electrons. The number of nitrogens with zero attached hydrogens (tertiary/aromatic N) is 1. The van der Waals surface area contributed by atoms with Gasteiger partial charge < -0.3 is 10.6 Å². The molecule has 1 aliphatic rings. The van der Waals surface area contributed by atoms with Gasteiger partial charge in [0.05, 0.1) is 0 Å². The molecule has 23 heavy (non-hydrogen) atoms. The maximum Gasteiger partial charge on any atom is 0.251 e. The first-order valence-electron chi connectivity index (χ1n) is 8.31. The SMILES string of the molecule is O=C(NCCc1ccncc1)c1ccc([C@@H]2CCCNC2)cc1. The number of piperidine rings is 1. The average Bonchev–Trinajstić information content (AvgIpc) is 2.63. The number of pyridine rings is 1. The minimum absolute atomic E-state index is 0.00706. The Hall–Kier alpha value is -2.20. The van der Waals surface area contributed by atoms with E-state index in [1.54, 1.807) is 12.4 Å². The molecule has 1 saturated heterocycles. The monoisotopic (exact) mass is 309 g/mol. The quantitative estimate of drug-likeness (QED) is 0.892. The van der Waals surface area contributed by atoms with Crippen molar-refractivity contribution in [1.82, 2.24) is 15.6 Å². The topological polar surface area (TPSA) is 54.0 Å². The minimum Gasteiger partial charge on any atom is -0.352 e. The molecule has 0 aliphatic carbocycles. The number of carbonyl (C=O) groups is 1. The van der Waals surface area contributed by atoms with E-state index < -0.39 is 0 Å². The van der Waals surface area contributed by atoms with Crippen LogP contribution in [0.15, 0.2) is 48.8 Å². The number of aromatic nitrogens is 1. The Bertz CT molecular complexity index is 619. The van der Waals surface area contributed by atoms with Crippen molar-refractivity contribution in [3.63, 3.8) is 0 Å². The van der Waals surface area contributed by atoms with Crippen LogP contribution in [-0.4, -0.2) is 30.5 Å². The second kappa shape index (κ2) is 7.88. The van der Waals surface area contributed by atoms with Crippen molar-refractivity contribution in [3.05, 3.63) is 65.5 Å². The van der Waals surface area contributed by atoms with Gasteiger partial charge in [0.1, 0.15) is 0 Å². The zero-order valence-corrected chi connectivity index (χ0v) is 13.3. The van der Waals surface area contributed by atoms with Crippen molar-refractivity contribution in [2.45, 2.75) is 25.2 Å². The molecule has 0 spiro atoms. The van der Waals surface area contributed by atoms with E-state index in [0.29, 0.717) is 12.5 Å². The van der Waals surface area contributed by atoms with Crippen LogP contribution < -0.4 is 10.6 Å². The molecule has 2 N–H and O–H groups in total. The van der Waals surface area contributed by atoms with E-state index >= 15 is 0 Å². The van der Waals surface area contributed by atoms with Crippen LogP contribution in [-0.2, 0) is 6.42 Å². The van der Waals surface area contributed by atoms with Gasteiger partial charge in [0.2, 0.25) is 0 Å². The van der Waals surface area contributed by atoms with E-state index in [9.17, 15) is 4.79 Å². The Kier molecular flexibility index (Phi) is 5.37. The Morgan fingerprint density at radius 1 is 1.17 bits per heavy atom. The summed E-state index contributed by atoms with van der Waals surface area (Å²) in [7, 11) is 0. The molecule has 0 bridgehead atoms. The minimum atomic E-state index is -0.00706. The predicted octanol–water partition coefficient (Wildman–Crippen LogP) is 2.52. The van der Waals surface area contributed by atoms with Gasteiger partial charge in [0, 0.05) is 31.0 Å². The first kappa shape index (κ1) is 15.7. The summed E-state index contributed by atoms with van der Waals surface area (Å²) in [6.45, 7) is 2.79. The molecule has 2 aromatic rings. The van der Waals surface area contributed by atoms with Gasteiger partial charge in [-0.05, 0) is 67.1 Å². The van der Waals surface area contributed by atoms with Crippen LogP contribution in [0.5, 0.6) is 0 Å². The fraction of sp³-hybridized carbons (Fsp3) is 0.368. The second-order valence-corrected chi connectivity index (χ2v) is 6.03. The molecule has 3 rings (SSSR count). The summed E-state index contributed by atoms with van der Waals surface area (Å²) >= 11 is 0. The number of hydrogen-bond acceptors (Lipinski definition) is 3. The van der Waals surface area contributed by atoms with Crippen LogP contribution in [0.2, 0.25) is 0 Å². The van der Waals surface area contributed by atoms with Crippen molar-refractivity contribution >= 4 is 5.91 Å². The number of amides is 1. The van der Waals surface area contributed by atoms with E-state index in [4.69, 9.17) is 0 Å². The molecule has 0 saturated carbocycles. The zero-order valence-electron chi connectivity index (χ0n) is 13.3. The maximum atomic E-state index is 12.2. The van der Waals surface area contributed by atoms with Crippen molar-refractivity contribution in [2.75, 3.05) is 19.6 Å². The fourth-order valence-corrected chi connectivity index (χ4v) is 3.01. The van der Waals surface area contributed by atoms with Gasteiger partial charge in [0.15, 0.2) is 0 Å². The summed E-state index contributed by atoms with van der Waals surface area (Å²) in [5.41, 5.74) is 3.23. The fourth-order valence-electron chi connectivity index (χ4n) is 3.01. The largest absolute Gasteiger partial charge is 0.352 e. The average molecular weight is 309 g/mol. The van der Waals surface area contributed by atoms with Gasteiger partial charge in [-0.1, -0.05) is 12.1 Å². The van der Waals surface area contributed by atoms with Gasteiger partial charge in [-0.2, -0.15) is 0 Å². The predicted molar refractivity (Wildman–Crippen MR) is 91.6 cm³/mol. The third-order valence-electron chi connectivity index (χ3n) is 4.39. The van der Waals surface area contributed by atoms with Gasteiger partial charge in [0.25, 0.3) is 5.91 Å². The Morgan fingerprint density at radius 3 is 2.65 bits per heavy atom. The molecular weight excluding hydrogens is 286 g/mol. The summed E-state index contributed by atoms with van der Waals surface area (Å²) < 4.78 is 0. The highest BCUT2D eigenvalue weighted by Crippen LogP contribution is 2.23. The lowest BCUT2D eigenvalue weighted by Crippen LogP contribution is -2.28. The van der Waals surface area contributed by atoms with Crippen molar-refractivity contribution in [3.8, 4) is 0 Å². The van der Waals surface area contributed by atoms with E-state index in [1.165, 1.54) is 24.0 Å². The Morgan fingerprint density at radius 2 is 1.96 bits per heavy atom. The van der Waals surface area contributed by atoms with E-state index in [-0.39, 0.29) is 5.91 Å². The number of benzene rings is 1. The Labute approximate surface area is 137 Å². The van der Waals surface area contributed by atoms with Gasteiger partial charge >= 0.3 is 0 Å².